The number of phenols is 1. The second-order valence-corrected chi connectivity index (χ2v) is 7.21. The molecular weight excluding hydrogens is 310 g/mol. The molecule has 0 radical (unpaired) electrons. The Morgan fingerprint density at radius 2 is 1.60 bits per heavy atom. The van der Waals surface area contributed by atoms with Gasteiger partial charge in [-0.25, -0.2) is 0 Å². The molecule has 3 N–H and O–H groups in total. The van der Waals surface area contributed by atoms with Crippen LogP contribution in [-0.4, -0.2) is 28.9 Å². The smallest absolute Gasteiger partial charge is 0.115 e. The van der Waals surface area contributed by atoms with E-state index in [9.17, 15) is 10.2 Å². The predicted octanol–water partition coefficient (Wildman–Crippen LogP) is 4.00. The van der Waals surface area contributed by atoms with E-state index < -0.39 is 0 Å². The fraction of sp³-hybridized carbons (Fsp3) is 0.455. The number of aromatic hydroxyl groups is 1. The Labute approximate surface area is 150 Å². The molecule has 1 saturated carbocycles. The summed E-state index contributed by atoms with van der Waals surface area (Å²) in [4.78, 5) is 0. The molecule has 1 unspecified atom stereocenters. The molecule has 25 heavy (non-hydrogen) atoms. The number of rotatable bonds is 7. The molecule has 3 rings (SSSR count). The van der Waals surface area contributed by atoms with Gasteiger partial charge in [0.25, 0.3) is 0 Å². The second-order valence-electron chi connectivity index (χ2n) is 7.21. The Kier molecular flexibility index (Phi) is 6.48. The summed E-state index contributed by atoms with van der Waals surface area (Å²) < 4.78 is 0. The van der Waals surface area contributed by atoms with Crippen LogP contribution in [0, 0.1) is 0 Å². The highest BCUT2D eigenvalue weighted by atomic mass is 16.3. The molecule has 3 nitrogen and oxygen atoms in total. The third kappa shape index (κ3) is 5.32. The van der Waals surface area contributed by atoms with E-state index in [1.54, 1.807) is 12.1 Å². The van der Waals surface area contributed by atoms with Crippen molar-refractivity contribution in [3.63, 3.8) is 0 Å². The highest BCUT2D eigenvalue weighted by Gasteiger charge is 2.24. The number of aliphatic hydroxyl groups excluding tert-OH is 1. The van der Waals surface area contributed by atoms with Crippen molar-refractivity contribution in [1.29, 1.82) is 0 Å². The van der Waals surface area contributed by atoms with Crippen LogP contribution in [0.5, 0.6) is 5.75 Å². The average Bonchev–Trinajstić information content (AvgIpc) is 2.67. The summed E-state index contributed by atoms with van der Waals surface area (Å²) in [7, 11) is 0. The molecule has 0 heterocycles. The number of hydrogen-bond acceptors (Lipinski definition) is 3. The third-order valence-corrected chi connectivity index (χ3v) is 5.41. The van der Waals surface area contributed by atoms with Crippen LogP contribution in [0.15, 0.2) is 54.6 Å². The average molecular weight is 339 g/mol. The first-order valence-electron chi connectivity index (χ1n) is 9.44. The zero-order valence-corrected chi connectivity index (χ0v) is 14.8. The van der Waals surface area contributed by atoms with Crippen LogP contribution in [0.3, 0.4) is 0 Å². The van der Waals surface area contributed by atoms with Gasteiger partial charge in [-0.1, -0.05) is 42.5 Å². The van der Waals surface area contributed by atoms with E-state index in [-0.39, 0.29) is 12.6 Å². The third-order valence-electron chi connectivity index (χ3n) is 5.41. The summed E-state index contributed by atoms with van der Waals surface area (Å²) in [5.41, 5.74) is 2.66. The van der Waals surface area contributed by atoms with Gasteiger partial charge in [0.15, 0.2) is 0 Å². The molecule has 2 aromatic carbocycles. The van der Waals surface area contributed by atoms with Gasteiger partial charge >= 0.3 is 0 Å². The summed E-state index contributed by atoms with van der Waals surface area (Å²) in [6.45, 7) is 0.199. The Morgan fingerprint density at radius 3 is 2.24 bits per heavy atom. The number of benzene rings is 2. The Hall–Kier alpha value is -1.84. The van der Waals surface area contributed by atoms with Crippen LogP contribution in [0.1, 0.15) is 49.1 Å². The van der Waals surface area contributed by atoms with Crippen molar-refractivity contribution >= 4 is 0 Å². The molecule has 3 heteroatoms. The van der Waals surface area contributed by atoms with Crippen molar-refractivity contribution in [2.24, 2.45) is 0 Å². The van der Waals surface area contributed by atoms with Crippen molar-refractivity contribution in [1.82, 2.24) is 5.32 Å². The molecule has 1 aliphatic carbocycles. The first kappa shape index (κ1) is 18.0. The van der Waals surface area contributed by atoms with Crippen LogP contribution in [-0.2, 0) is 6.42 Å². The van der Waals surface area contributed by atoms with Gasteiger partial charge in [0.2, 0.25) is 0 Å². The predicted molar refractivity (Wildman–Crippen MR) is 102 cm³/mol. The maximum atomic E-state index is 9.70. The first-order chi connectivity index (χ1) is 12.2. The molecule has 0 aliphatic heterocycles. The lowest BCUT2D eigenvalue weighted by Crippen LogP contribution is -2.42. The molecule has 2 aromatic rings. The standard InChI is InChI=1S/C22H29NO2/c24-16-21(11-6-17-4-2-1-3-5-17)23-20-12-7-18(8-13-20)19-9-14-22(25)15-10-19/h1-5,9-10,14-15,18,20-21,23-25H,6-8,11-13,16H2/t18-,20-,21?. The molecular formula is C22H29NO2. The number of phenolic OH excluding ortho intramolecular Hbond substituents is 1. The van der Waals surface area contributed by atoms with Crippen molar-refractivity contribution in [2.45, 2.75) is 56.5 Å². The monoisotopic (exact) mass is 339 g/mol. The topological polar surface area (TPSA) is 52.5 Å². The number of aliphatic hydroxyl groups is 1. The molecule has 134 valence electrons. The summed E-state index contributed by atoms with van der Waals surface area (Å²) in [6, 6.07) is 18.8. The van der Waals surface area contributed by atoms with E-state index >= 15 is 0 Å². The van der Waals surface area contributed by atoms with Crippen molar-refractivity contribution in [3.8, 4) is 5.75 Å². The maximum absolute atomic E-state index is 9.70. The van der Waals surface area contributed by atoms with Crippen LogP contribution in [0.2, 0.25) is 0 Å². The Bertz CT molecular complexity index is 618. The van der Waals surface area contributed by atoms with Crippen LogP contribution < -0.4 is 5.32 Å². The maximum Gasteiger partial charge on any atom is 0.115 e. The lowest BCUT2D eigenvalue weighted by atomic mass is 9.81. The minimum Gasteiger partial charge on any atom is -0.508 e. The first-order valence-corrected chi connectivity index (χ1v) is 9.44. The lowest BCUT2D eigenvalue weighted by molar-refractivity contribution is 0.209. The van der Waals surface area contributed by atoms with Crippen LogP contribution in [0.25, 0.3) is 0 Å². The number of hydrogen-bond donors (Lipinski definition) is 3. The Morgan fingerprint density at radius 1 is 0.920 bits per heavy atom. The summed E-state index contributed by atoms with van der Waals surface area (Å²) in [5.74, 6) is 0.929. The molecule has 0 saturated heterocycles. The highest BCUT2D eigenvalue weighted by molar-refractivity contribution is 5.28. The van der Waals surface area contributed by atoms with Crippen molar-refractivity contribution in [3.05, 3.63) is 65.7 Å². The summed E-state index contributed by atoms with van der Waals surface area (Å²) in [6.07, 6.45) is 6.60. The summed E-state index contributed by atoms with van der Waals surface area (Å²) >= 11 is 0. The minimum atomic E-state index is 0.176. The lowest BCUT2D eigenvalue weighted by Gasteiger charge is -2.32. The minimum absolute atomic E-state index is 0.176. The molecule has 1 aliphatic rings. The molecule has 0 bridgehead atoms. The van der Waals surface area contributed by atoms with Gasteiger partial charge in [0, 0.05) is 12.1 Å². The number of nitrogens with one attached hydrogen (secondary N) is 1. The van der Waals surface area contributed by atoms with Gasteiger partial charge in [-0.2, -0.15) is 0 Å². The fourth-order valence-electron chi connectivity index (χ4n) is 3.89. The van der Waals surface area contributed by atoms with E-state index in [1.807, 2.05) is 18.2 Å². The van der Waals surface area contributed by atoms with Gasteiger partial charge in [-0.15, -0.1) is 0 Å². The Balaban J connectivity index is 1.44. The van der Waals surface area contributed by atoms with E-state index in [2.05, 4.69) is 29.6 Å². The van der Waals surface area contributed by atoms with Gasteiger partial charge in [-0.3, -0.25) is 0 Å². The van der Waals surface area contributed by atoms with Crippen molar-refractivity contribution < 1.29 is 10.2 Å². The second kappa shape index (κ2) is 9.02. The molecule has 1 atom stereocenters. The van der Waals surface area contributed by atoms with E-state index in [0.29, 0.717) is 17.7 Å². The quantitative estimate of drug-likeness (QED) is 0.714. The fourth-order valence-corrected chi connectivity index (χ4v) is 3.89. The van der Waals surface area contributed by atoms with Gasteiger partial charge in [0.1, 0.15) is 5.75 Å². The highest BCUT2D eigenvalue weighted by Crippen LogP contribution is 2.33. The van der Waals surface area contributed by atoms with Crippen LogP contribution >= 0.6 is 0 Å². The number of aryl methyl sites for hydroxylation is 1. The van der Waals surface area contributed by atoms with Crippen molar-refractivity contribution in [2.75, 3.05) is 6.61 Å². The van der Waals surface area contributed by atoms with E-state index in [1.165, 1.54) is 24.0 Å². The van der Waals surface area contributed by atoms with E-state index in [4.69, 9.17) is 0 Å². The van der Waals surface area contributed by atoms with E-state index in [0.717, 1.165) is 25.7 Å². The summed E-state index contributed by atoms with van der Waals surface area (Å²) in [5, 5.41) is 22.8. The molecule has 0 spiro atoms. The molecule has 0 aromatic heterocycles. The van der Waals surface area contributed by atoms with Gasteiger partial charge < -0.3 is 15.5 Å². The van der Waals surface area contributed by atoms with Gasteiger partial charge in [-0.05, 0) is 67.7 Å². The van der Waals surface area contributed by atoms with Gasteiger partial charge in [0.05, 0.1) is 6.61 Å². The van der Waals surface area contributed by atoms with Crippen LogP contribution in [0.4, 0.5) is 0 Å². The largest absolute Gasteiger partial charge is 0.508 e. The normalized spacial score (nSPS) is 21.8. The molecule has 0 amide bonds. The SMILES string of the molecule is OCC(CCc1ccccc1)N[C@H]1CC[C@H](c2ccc(O)cc2)CC1. The zero-order chi connectivity index (χ0) is 17.5. The zero-order valence-electron chi connectivity index (χ0n) is 14.8. The molecule has 1 fully saturated rings.